The van der Waals surface area contributed by atoms with E-state index in [4.69, 9.17) is 21.0 Å². The number of aliphatic carboxylic acids is 1. The van der Waals surface area contributed by atoms with Crippen LogP contribution in [0.1, 0.15) is 15.9 Å². The molecule has 1 amide bonds. The minimum Gasteiger partial charge on any atom is -0.482 e. The van der Waals surface area contributed by atoms with Crippen LogP contribution < -0.4 is 15.8 Å². The summed E-state index contributed by atoms with van der Waals surface area (Å²) in [4.78, 5) is 22.9. The number of anilines is 1. The van der Waals surface area contributed by atoms with E-state index in [2.05, 4.69) is 5.32 Å². The quantitative estimate of drug-likeness (QED) is 0.396. The number of benzene rings is 3. The molecule has 0 spiro atoms. The summed E-state index contributed by atoms with van der Waals surface area (Å²) in [7, 11) is 0. The molecule has 0 heterocycles. The van der Waals surface area contributed by atoms with Crippen molar-refractivity contribution < 1.29 is 19.4 Å². The average molecular weight is 363 g/mol. The van der Waals surface area contributed by atoms with E-state index in [1.165, 1.54) is 0 Å². The molecule has 3 rings (SSSR count). The number of carboxylic acid groups (broad SMARTS) is 1. The number of carboxylic acids is 1. The number of nitrogens with one attached hydrogen (secondary N) is 2. The minimum atomic E-state index is -1.07. The van der Waals surface area contributed by atoms with Gasteiger partial charge in [0, 0.05) is 16.8 Å². The second-order valence-electron chi connectivity index (χ2n) is 5.85. The monoisotopic (exact) mass is 363 g/mol. The van der Waals surface area contributed by atoms with Gasteiger partial charge in [-0.05, 0) is 53.2 Å². The molecule has 0 bridgehead atoms. The highest BCUT2D eigenvalue weighted by Crippen LogP contribution is 2.21. The van der Waals surface area contributed by atoms with Gasteiger partial charge in [0.15, 0.2) is 6.61 Å². The van der Waals surface area contributed by atoms with Gasteiger partial charge in [-0.3, -0.25) is 10.2 Å². The lowest BCUT2D eigenvalue weighted by molar-refractivity contribution is -0.139. The molecule has 0 aliphatic rings. The summed E-state index contributed by atoms with van der Waals surface area (Å²) in [5, 5.41) is 20.7. The van der Waals surface area contributed by atoms with Crippen molar-refractivity contribution in [2.24, 2.45) is 5.73 Å². The van der Waals surface area contributed by atoms with Gasteiger partial charge in [0.05, 0.1) is 0 Å². The molecule has 5 N–H and O–H groups in total. The third-order valence-corrected chi connectivity index (χ3v) is 3.89. The Bertz CT molecular complexity index is 1030. The highest BCUT2D eigenvalue weighted by molar-refractivity contribution is 6.05. The lowest BCUT2D eigenvalue weighted by Crippen LogP contribution is -2.12. The highest BCUT2D eigenvalue weighted by atomic mass is 16.5. The van der Waals surface area contributed by atoms with Crippen molar-refractivity contribution in [3.8, 4) is 5.75 Å². The number of carbonyl (C=O) groups is 2. The number of hydrogen-bond acceptors (Lipinski definition) is 4. The van der Waals surface area contributed by atoms with E-state index < -0.39 is 12.6 Å². The molecule has 7 nitrogen and oxygen atoms in total. The molecule has 0 saturated heterocycles. The average Bonchev–Trinajstić information content (AvgIpc) is 2.66. The van der Waals surface area contributed by atoms with Gasteiger partial charge in [0.1, 0.15) is 11.6 Å². The maximum Gasteiger partial charge on any atom is 0.341 e. The van der Waals surface area contributed by atoms with Gasteiger partial charge in [-0.1, -0.05) is 18.2 Å². The molecule has 0 saturated carbocycles. The molecular weight excluding hydrogens is 346 g/mol. The number of nitrogens with two attached hydrogens (primary N) is 1. The number of amides is 1. The summed E-state index contributed by atoms with van der Waals surface area (Å²) in [5.41, 5.74) is 7.20. The molecule has 0 aromatic heterocycles. The Morgan fingerprint density at radius 1 is 0.963 bits per heavy atom. The van der Waals surface area contributed by atoms with Crippen molar-refractivity contribution in [3.05, 3.63) is 71.8 Å². The third kappa shape index (κ3) is 4.40. The number of carbonyl (C=O) groups excluding carboxylic acids is 1. The first-order valence-corrected chi connectivity index (χ1v) is 8.06. The summed E-state index contributed by atoms with van der Waals surface area (Å²) >= 11 is 0. The Labute approximate surface area is 154 Å². The second kappa shape index (κ2) is 7.57. The van der Waals surface area contributed by atoms with E-state index >= 15 is 0 Å². The second-order valence-corrected chi connectivity index (χ2v) is 5.85. The van der Waals surface area contributed by atoms with Crippen LogP contribution in [0.4, 0.5) is 5.69 Å². The van der Waals surface area contributed by atoms with E-state index in [-0.39, 0.29) is 11.7 Å². The first-order valence-electron chi connectivity index (χ1n) is 8.06. The topological polar surface area (TPSA) is 126 Å². The molecule has 0 fully saturated rings. The van der Waals surface area contributed by atoms with E-state index in [1.54, 1.807) is 36.4 Å². The summed E-state index contributed by atoms with van der Waals surface area (Å²) < 4.78 is 5.04. The summed E-state index contributed by atoms with van der Waals surface area (Å²) in [6.07, 6.45) is 0. The van der Waals surface area contributed by atoms with Crippen LogP contribution in [-0.4, -0.2) is 29.4 Å². The lowest BCUT2D eigenvalue weighted by atomic mass is 10.1. The maximum absolute atomic E-state index is 12.4. The fraction of sp³-hybridized carbons (Fsp3) is 0.0500. The van der Waals surface area contributed by atoms with Crippen LogP contribution in [0.3, 0.4) is 0 Å². The van der Waals surface area contributed by atoms with Crippen LogP contribution >= 0.6 is 0 Å². The molecular formula is C20H17N3O4. The number of rotatable bonds is 6. The molecule has 27 heavy (non-hydrogen) atoms. The number of fused-ring (bicyclic) bond motifs is 1. The third-order valence-electron chi connectivity index (χ3n) is 3.89. The zero-order valence-electron chi connectivity index (χ0n) is 14.2. The van der Waals surface area contributed by atoms with Gasteiger partial charge >= 0.3 is 5.97 Å². The number of ether oxygens (including phenoxy) is 1. The zero-order valence-corrected chi connectivity index (χ0v) is 14.2. The SMILES string of the molecule is N=C(N)c1ccc2cc(NC(=O)c3ccc(OCC(=O)O)cc3)ccc2c1. The first-order chi connectivity index (χ1) is 12.9. The van der Waals surface area contributed by atoms with Crippen molar-refractivity contribution in [1.82, 2.24) is 0 Å². The van der Waals surface area contributed by atoms with E-state index in [0.717, 1.165) is 10.8 Å². The maximum atomic E-state index is 12.4. The van der Waals surface area contributed by atoms with Crippen LogP contribution in [0.5, 0.6) is 5.75 Å². The number of nitrogen functional groups attached to an aromatic ring is 1. The van der Waals surface area contributed by atoms with Gasteiger partial charge in [0.25, 0.3) is 5.91 Å². The molecule has 7 heteroatoms. The summed E-state index contributed by atoms with van der Waals surface area (Å²) in [6.45, 7) is -0.437. The Morgan fingerprint density at radius 2 is 1.59 bits per heavy atom. The Hall–Kier alpha value is -3.87. The molecule has 0 unspecified atom stereocenters. The largest absolute Gasteiger partial charge is 0.482 e. The van der Waals surface area contributed by atoms with Crippen LogP contribution in [0.15, 0.2) is 60.7 Å². The van der Waals surface area contributed by atoms with Gasteiger partial charge in [-0.15, -0.1) is 0 Å². The number of amidine groups is 1. The van der Waals surface area contributed by atoms with Gasteiger partial charge in [-0.25, -0.2) is 4.79 Å². The first kappa shape index (κ1) is 17.9. The van der Waals surface area contributed by atoms with Crippen molar-refractivity contribution >= 4 is 34.2 Å². The molecule has 0 aliphatic heterocycles. The van der Waals surface area contributed by atoms with Gasteiger partial charge in [0.2, 0.25) is 0 Å². The van der Waals surface area contributed by atoms with Crippen LogP contribution in [0.2, 0.25) is 0 Å². The Morgan fingerprint density at radius 3 is 2.26 bits per heavy atom. The molecule has 3 aromatic carbocycles. The Balaban J connectivity index is 1.72. The Kier molecular flexibility index (Phi) is 5.03. The predicted octanol–water partition coefficient (Wildman–Crippen LogP) is 2.84. The van der Waals surface area contributed by atoms with E-state index in [9.17, 15) is 9.59 Å². The minimum absolute atomic E-state index is 0.00469. The number of hydrogen-bond donors (Lipinski definition) is 4. The lowest BCUT2D eigenvalue weighted by Gasteiger charge is -2.08. The van der Waals surface area contributed by atoms with E-state index in [0.29, 0.717) is 22.6 Å². The van der Waals surface area contributed by atoms with Crippen LogP contribution in [-0.2, 0) is 4.79 Å². The molecule has 0 aliphatic carbocycles. The normalized spacial score (nSPS) is 10.4. The van der Waals surface area contributed by atoms with Crippen LogP contribution in [0.25, 0.3) is 10.8 Å². The van der Waals surface area contributed by atoms with Crippen LogP contribution in [0, 0.1) is 5.41 Å². The highest BCUT2D eigenvalue weighted by Gasteiger charge is 2.08. The van der Waals surface area contributed by atoms with Crippen molar-refractivity contribution in [2.75, 3.05) is 11.9 Å². The molecule has 0 atom stereocenters. The summed E-state index contributed by atoms with van der Waals surface area (Å²) in [6, 6.07) is 17.1. The van der Waals surface area contributed by atoms with Crippen molar-refractivity contribution in [2.45, 2.75) is 0 Å². The fourth-order valence-corrected chi connectivity index (χ4v) is 2.54. The van der Waals surface area contributed by atoms with Crippen molar-refractivity contribution in [1.29, 1.82) is 5.41 Å². The van der Waals surface area contributed by atoms with Crippen molar-refractivity contribution in [3.63, 3.8) is 0 Å². The fourth-order valence-electron chi connectivity index (χ4n) is 2.54. The molecule has 0 radical (unpaired) electrons. The summed E-state index contributed by atoms with van der Waals surface area (Å²) in [5.74, 6) is -0.978. The predicted molar refractivity (Wildman–Crippen MR) is 102 cm³/mol. The smallest absolute Gasteiger partial charge is 0.341 e. The van der Waals surface area contributed by atoms with E-state index in [1.807, 2.05) is 24.3 Å². The molecule has 136 valence electrons. The zero-order chi connectivity index (χ0) is 19.4. The van der Waals surface area contributed by atoms with Gasteiger partial charge in [-0.2, -0.15) is 0 Å². The molecule has 3 aromatic rings. The standard InChI is InChI=1S/C20H17N3O4/c21-19(22)15-2-1-14-10-16(6-3-13(14)9-15)23-20(26)12-4-7-17(8-5-12)27-11-18(24)25/h1-10H,11H2,(H3,21,22)(H,23,26)(H,24,25). The van der Waals surface area contributed by atoms with Gasteiger partial charge < -0.3 is 20.9 Å².